The van der Waals surface area contributed by atoms with Crippen LogP contribution in [0.4, 0.5) is 5.69 Å². The minimum atomic E-state index is -0.905. The Labute approximate surface area is 124 Å². The third-order valence-corrected chi connectivity index (χ3v) is 2.56. The van der Waals surface area contributed by atoms with Crippen molar-refractivity contribution in [3.8, 4) is 5.75 Å². The maximum Gasteiger partial charge on any atom is 0.331 e. The molecule has 5 heteroatoms. The van der Waals surface area contributed by atoms with Gasteiger partial charge in [0, 0.05) is 6.08 Å². The number of carbonyl (C=O) groups is 2. The molecule has 0 radical (unpaired) electrons. The van der Waals surface area contributed by atoms with Gasteiger partial charge in [-0.3, -0.25) is 4.79 Å². The Morgan fingerprint density at radius 2 is 1.95 bits per heavy atom. The average Bonchev–Trinajstić information content (AvgIpc) is 2.48. The van der Waals surface area contributed by atoms with Gasteiger partial charge in [0.05, 0.1) is 12.8 Å². The fourth-order valence-electron chi connectivity index (χ4n) is 1.49. The van der Waals surface area contributed by atoms with Crippen molar-refractivity contribution in [1.82, 2.24) is 0 Å². The Bertz CT molecular complexity index is 549. The van der Waals surface area contributed by atoms with Gasteiger partial charge >= 0.3 is 5.97 Å². The molecule has 21 heavy (non-hydrogen) atoms. The second-order valence-corrected chi connectivity index (χ2v) is 4.15. The van der Waals surface area contributed by atoms with Crippen molar-refractivity contribution in [2.45, 2.75) is 20.0 Å². The van der Waals surface area contributed by atoms with Gasteiger partial charge in [0.2, 0.25) is 0 Å². The maximum atomic E-state index is 12.0. The van der Waals surface area contributed by atoms with Gasteiger partial charge in [-0.15, -0.1) is 0 Å². The Morgan fingerprint density at radius 1 is 1.24 bits per heavy atom. The highest BCUT2D eigenvalue weighted by atomic mass is 16.5. The summed E-state index contributed by atoms with van der Waals surface area (Å²) in [4.78, 5) is 23.4. The Kier molecular flexibility index (Phi) is 6.74. The normalized spacial score (nSPS) is 12.3. The molecule has 0 spiro atoms. The monoisotopic (exact) mass is 289 g/mol. The lowest BCUT2D eigenvalue weighted by atomic mass is 10.2. The van der Waals surface area contributed by atoms with Gasteiger partial charge in [0.1, 0.15) is 5.75 Å². The quantitative estimate of drug-likeness (QED) is 0.497. The van der Waals surface area contributed by atoms with Crippen LogP contribution in [-0.2, 0) is 14.3 Å². The molecule has 1 N–H and O–H groups in total. The number of para-hydroxylation sites is 2. The molecule has 1 aromatic carbocycles. The van der Waals surface area contributed by atoms with Gasteiger partial charge in [-0.05, 0) is 26.0 Å². The first-order valence-electron chi connectivity index (χ1n) is 6.52. The zero-order valence-electron chi connectivity index (χ0n) is 12.3. The summed E-state index contributed by atoms with van der Waals surface area (Å²) in [6.07, 6.45) is 5.38. The number of hydrogen-bond donors (Lipinski definition) is 1. The van der Waals surface area contributed by atoms with Gasteiger partial charge in [0.25, 0.3) is 5.91 Å². The number of amides is 1. The molecule has 0 unspecified atom stereocenters. The van der Waals surface area contributed by atoms with Crippen molar-refractivity contribution in [1.29, 1.82) is 0 Å². The fraction of sp³-hybridized carbons (Fsp3) is 0.250. The summed E-state index contributed by atoms with van der Waals surface area (Å²) in [6.45, 7) is 3.34. The lowest BCUT2D eigenvalue weighted by Gasteiger charge is -2.14. The molecular weight excluding hydrogens is 270 g/mol. The van der Waals surface area contributed by atoms with E-state index in [1.165, 1.54) is 20.1 Å². The summed E-state index contributed by atoms with van der Waals surface area (Å²) >= 11 is 0. The number of benzene rings is 1. The number of anilines is 1. The number of rotatable bonds is 6. The molecule has 0 fully saturated rings. The van der Waals surface area contributed by atoms with Crippen molar-refractivity contribution < 1.29 is 19.1 Å². The van der Waals surface area contributed by atoms with Crippen LogP contribution < -0.4 is 10.1 Å². The summed E-state index contributed by atoms with van der Waals surface area (Å²) in [5, 5.41) is 2.65. The number of methoxy groups -OCH3 is 1. The van der Waals surface area contributed by atoms with E-state index in [9.17, 15) is 9.59 Å². The van der Waals surface area contributed by atoms with Gasteiger partial charge in [0.15, 0.2) is 6.10 Å². The number of nitrogens with one attached hydrogen (secondary N) is 1. The largest absolute Gasteiger partial charge is 0.495 e. The van der Waals surface area contributed by atoms with Crippen LogP contribution >= 0.6 is 0 Å². The van der Waals surface area contributed by atoms with Crippen molar-refractivity contribution in [3.05, 3.63) is 48.6 Å². The predicted molar refractivity (Wildman–Crippen MR) is 81.1 cm³/mol. The highest BCUT2D eigenvalue weighted by Gasteiger charge is 2.17. The van der Waals surface area contributed by atoms with E-state index in [-0.39, 0.29) is 0 Å². The van der Waals surface area contributed by atoms with E-state index in [2.05, 4.69) is 5.32 Å². The van der Waals surface area contributed by atoms with E-state index in [4.69, 9.17) is 9.47 Å². The minimum absolute atomic E-state index is 0.424. The van der Waals surface area contributed by atoms with Crippen LogP contribution in [-0.4, -0.2) is 25.1 Å². The van der Waals surface area contributed by atoms with Crippen molar-refractivity contribution >= 4 is 17.6 Å². The Balaban J connectivity index is 2.60. The van der Waals surface area contributed by atoms with Gasteiger partial charge in [-0.2, -0.15) is 0 Å². The summed E-state index contributed by atoms with van der Waals surface area (Å²) in [5.41, 5.74) is 0.525. The van der Waals surface area contributed by atoms with Crippen LogP contribution in [0.15, 0.2) is 48.6 Å². The zero-order valence-corrected chi connectivity index (χ0v) is 12.3. The number of esters is 1. The average molecular weight is 289 g/mol. The van der Waals surface area contributed by atoms with E-state index in [0.717, 1.165) is 0 Å². The van der Waals surface area contributed by atoms with E-state index in [1.807, 2.05) is 6.92 Å². The number of hydrogen-bond acceptors (Lipinski definition) is 4. The van der Waals surface area contributed by atoms with E-state index in [0.29, 0.717) is 11.4 Å². The summed E-state index contributed by atoms with van der Waals surface area (Å²) in [6, 6.07) is 7.00. The van der Waals surface area contributed by atoms with E-state index >= 15 is 0 Å². The fourth-order valence-corrected chi connectivity index (χ4v) is 1.49. The summed E-state index contributed by atoms with van der Waals surface area (Å²) < 4.78 is 10.1. The van der Waals surface area contributed by atoms with Crippen LogP contribution in [0.3, 0.4) is 0 Å². The molecule has 0 heterocycles. The number of carbonyl (C=O) groups excluding carboxylic acids is 2. The third-order valence-electron chi connectivity index (χ3n) is 2.56. The van der Waals surface area contributed by atoms with Crippen molar-refractivity contribution in [2.24, 2.45) is 0 Å². The molecule has 1 atom stereocenters. The van der Waals surface area contributed by atoms with Gasteiger partial charge in [-0.1, -0.05) is 30.4 Å². The first-order valence-corrected chi connectivity index (χ1v) is 6.52. The van der Waals surface area contributed by atoms with Crippen molar-refractivity contribution in [3.63, 3.8) is 0 Å². The van der Waals surface area contributed by atoms with Crippen LogP contribution in [0, 0.1) is 0 Å². The summed E-state index contributed by atoms with van der Waals surface area (Å²) in [5.74, 6) is -0.458. The molecule has 1 rings (SSSR count). The predicted octanol–water partition coefficient (Wildman–Crippen LogP) is 2.70. The maximum absolute atomic E-state index is 12.0. The first-order chi connectivity index (χ1) is 10.1. The smallest absolute Gasteiger partial charge is 0.331 e. The molecule has 0 aliphatic carbocycles. The standard InChI is InChI=1S/C16H19NO4/c1-4-5-6-11-15(18)21-12(2)16(19)17-13-9-7-8-10-14(13)20-3/h4-12H,1-3H3,(H,17,19)/b5-4+,11-6+/t12-/m1/s1. The van der Waals surface area contributed by atoms with Gasteiger partial charge < -0.3 is 14.8 Å². The molecule has 0 bridgehead atoms. The minimum Gasteiger partial charge on any atom is -0.495 e. The topological polar surface area (TPSA) is 64.6 Å². The molecule has 1 amide bonds. The Morgan fingerprint density at radius 3 is 2.62 bits per heavy atom. The highest BCUT2D eigenvalue weighted by molar-refractivity contribution is 5.97. The number of allylic oxidation sites excluding steroid dienone is 3. The molecular formula is C16H19NO4. The molecule has 112 valence electrons. The number of ether oxygens (including phenoxy) is 2. The van der Waals surface area contributed by atoms with E-state index in [1.54, 1.807) is 42.5 Å². The third kappa shape index (κ3) is 5.52. The second kappa shape index (κ2) is 8.58. The summed E-state index contributed by atoms with van der Waals surface area (Å²) in [7, 11) is 1.51. The van der Waals surface area contributed by atoms with E-state index < -0.39 is 18.0 Å². The first kappa shape index (κ1) is 16.5. The molecule has 0 aliphatic heterocycles. The highest BCUT2D eigenvalue weighted by Crippen LogP contribution is 2.23. The molecule has 0 saturated carbocycles. The van der Waals surface area contributed by atoms with Crippen LogP contribution in [0.1, 0.15) is 13.8 Å². The Hall–Kier alpha value is -2.56. The molecule has 1 aromatic rings. The molecule has 0 aromatic heterocycles. The van der Waals surface area contributed by atoms with Crippen LogP contribution in [0.5, 0.6) is 5.75 Å². The molecule has 5 nitrogen and oxygen atoms in total. The van der Waals surface area contributed by atoms with Crippen LogP contribution in [0.2, 0.25) is 0 Å². The SMILES string of the molecule is C/C=C/C=C/C(=O)O[C@H](C)C(=O)Nc1ccccc1OC. The lowest BCUT2D eigenvalue weighted by molar-refractivity contribution is -0.148. The molecule has 0 saturated heterocycles. The second-order valence-electron chi connectivity index (χ2n) is 4.15. The zero-order chi connectivity index (χ0) is 15.7. The molecule has 0 aliphatic rings. The van der Waals surface area contributed by atoms with Crippen molar-refractivity contribution in [2.75, 3.05) is 12.4 Å². The van der Waals surface area contributed by atoms with Gasteiger partial charge in [-0.25, -0.2) is 4.79 Å². The lowest BCUT2D eigenvalue weighted by Crippen LogP contribution is -2.29. The van der Waals surface area contributed by atoms with Crippen LogP contribution in [0.25, 0.3) is 0 Å².